The van der Waals surface area contributed by atoms with Crippen molar-refractivity contribution in [2.45, 2.75) is 6.54 Å². The fraction of sp³-hybridized carbons (Fsp3) is 0.208. The van der Waals surface area contributed by atoms with Crippen LogP contribution in [0.25, 0.3) is 21.3 Å². The van der Waals surface area contributed by atoms with Gasteiger partial charge in [-0.25, -0.2) is 9.37 Å². The molecule has 3 heterocycles. The van der Waals surface area contributed by atoms with E-state index in [4.69, 9.17) is 0 Å². The Labute approximate surface area is 188 Å². The van der Waals surface area contributed by atoms with Gasteiger partial charge in [-0.15, -0.1) is 11.3 Å². The summed E-state index contributed by atoms with van der Waals surface area (Å²) in [4.78, 5) is 35.1. The maximum atomic E-state index is 13.2. The van der Waals surface area contributed by atoms with Crippen molar-refractivity contribution < 1.29 is 9.18 Å². The number of aromatic nitrogens is 2. The van der Waals surface area contributed by atoms with Crippen molar-refractivity contribution >= 4 is 33.1 Å². The number of hydrogen-bond acceptors (Lipinski definition) is 5. The minimum absolute atomic E-state index is 0.0393. The summed E-state index contributed by atoms with van der Waals surface area (Å²) < 4.78 is 14.6. The second-order valence-corrected chi connectivity index (χ2v) is 8.58. The maximum absolute atomic E-state index is 13.2. The monoisotopic (exact) mass is 448 g/mol. The number of thiophene rings is 1. The van der Waals surface area contributed by atoms with E-state index < -0.39 is 0 Å². The summed E-state index contributed by atoms with van der Waals surface area (Å²) in [6.45, 7) is 2.38. The van der Waals surface area contributed by atoms with Gasteiger partial charge in [0.1, 0.15) is 17.2 Å². The lowest BCUT2D eigenvalue weighted by atomic mass is 10.1. The molecule has 1 aliphatic rings. The van der Waals surface area contributed by atoms with Gasteiger partial charge in [-0.2, -0.15) is 0 Å². The first kappa shape index (κ1) is 20.4. The van der Waals surface area contributed by atoms with E-state index in [0.717, 1.165) is 16.8 Å². The number of carbonyl (C=O) groups is 1. The molecular weight excluding hydrogens is 427 g/mol. The number of fused-ring (bicyclic) bond motifs is 1. The van der Waals surface area contributed by atoms with Crippen LogP contribution >= 0.6 is 11.3 Å². The third-order valence-corrected chi connectivity index (χ3v) is 6.66. The van der Waals surface area contributed by atoms with Crippen molar-refractivity contribution in [2.75, 3.05) is 31.1 Å². The van der Waals surface area contributed by atoms with E-state index in [1.807, 2.05) is 35.7 Å². The quantitative estimate of drug-likeness (QED) is 0.479. The third-order valence-electron chi connectivity index (χ3n) is 5.78. The topological polar surface area (TPSA) is 58.4 Å². The highest BCUT2D eigenvalue weighted by atomic mass is 32.1. The SMILES string of the molecule is O=C(Cn1cnc2scc(-c3ccccc3)c2c1=O)N1CCN(c2ccc(F)cc2)CC1. The van der Waals surface area contributed by atoms with Crippen LogP contribution < -0.4 is 10.5 Å². The molecule has 6 nitrogen and oxygen atoms in total. The zero-order valence-corrected chi connectivity index (χ0v) is 18.1. The Hall–Kier alpha value is -3.52. The number of nitrogens with zero attached hydrogens (tertiary/aromatic N) is 4. The van der Waals surface area contributed by atoms with Crippen LogP contribution in [0.3, 0.4) is 0 Å². The molecule has 0 aliphatic carbocycles. The summed E-state index contributed by atoms with van der Waals surface area (Å²) in [5, 5.41) is 2.49. The molecular formula is C24H21FN4O2S. The van der Waals surface area contributed by atoms with Crippen LogP contribution in [0.5, 0.6) is 0 Å². The molecule has 0 unspecified atom stereocenters. The Kier molecular flexibility index (Phi) is 5.45. The maximum Gasteiger partial charge on any atom is 0.263 e. The molecule has 0 atom stereocenters. The van der Waals surface area contributed by atoms with E-state index in [1.54, 1.807) is 17.0 Å². The molecule has 0 radical (unpaired) electrons. The summed E-state index contributed by atoms with van der Waals surface area (Å²) in [7, 11) is 0. The Morgan fingerprint density at radius 3 is 2.44 bits per heavy atom. The van der Waals surface area contributed by atoms with Crippen molar-refractivity contribution in [1.29, 1.82) is 0 Å². The van der Waals surface area contributed by atoms with Crippen molar-refractivity contribution in [3.8, 4) is 11.1 Å². The molecule has 5 rings (SSSR count). The van der Waals surface area contributed by atoms with Gasteiger partial charge in [0.15, 0.2) is 0 Å². The van der Waals surface area contributed by atoms with Gasteiger partial charge in [-0.3, -0.25) is 14.2 Å². The Balaban J connectivity index is 1.32. The highest BCUT2D eigenvalue weighted by Gasteiger charge is 2.22. The number of amides is 1. The number of piperazine rings is 1. The highest BCUT2D eigenvalue weighted by molar-refractivity contribution is 7.17. The van der Waals surface area contributed by atoms with Crippen molar-refractivity contribution in [3.05, 3.63) is 82.5 Å². The fourth-order valence-electron chi connectivity index (χ4n) is 4.02. The van der Waals surface area contributed by atoms with E-state index in [2.05, 4.69) is 9.88 Å². The van der Waals surface area contributed by atoms with Gasteiger partial charge in [0.05, 0.1) is 11.7 Å². The van der Waals surface area contributed by atoms with E-state index in [9.17, 15) is 14.0 Å². The zero-order chi connectivity index (χ0) is 22.1. The van der Waals surface area contributed by atoms with Crippen LogP contribution in [0.2, 0.25) is 0 Å². The fourth-order valence-corrected chi connectivity index (χ4v) is 4.93. The second-order valence-electron chi connectivity index (χ2n) is 7.72. The van der Waals surface area contributed by atoms with E-state index in [1.165, 1.54) is 34.4 Å². The molecule has 1 amide bonds. The summed E-state index contributed by atoms with van der Waals surface area (Å²) >= 11 is 1.43. The van der Waals surface area contributed by atoms with Crippen LogP contribution in [0.1, 0.15) is 0 Å². The van der Waals surface area contributed by atoms with Gasteiger partial charge in [-0.1, -0.05) is 30.3 Å². The van der Waals surface area contributed by atoms with Crippen LogP contribution in [0.15, 0.2) is 71.1 Å². The Bertz CT molecular complexity index is 1310. The first-order valence-corrected chi connectivity index (χ1v) is 11.3. The van der Waals surface area contributed by atoms with Crippen LogP contribution in [0, 0.1) is 5.82 Å². The van der Waals surface area contributed by atoms with Gasteiger partial charge in [0, 0.05) is 42.8 Å². The number of benzene rings is 2. The first-order chi connectivity index (χ1) is 15.6. The van der Waals surface area contributed by atoms with Crippen molar-refractivity contribution in [1.82, 2.24) is 14.5 Å². The standard InChI is InChI=1S/C24H21FN4O2S/c25-18-6-8-19(9-7-18)27-10-12-28(13-11-27)21(30)14-29-16-26-23-22(24(29)31)20(15-32-23)17-4-2-1-3-5-17/h1-9,15-16H,10-14H2. The second kappa shape index (κ2) is 8.55. The summed E-state index contributed by atoms with van der Waals surface area (Å²) in [5.41, 5.74) is 2.54. The lowest BCUT2D eigenvalue weighted by Gasteiger charge is -2.36. The van der Waals surface area contributed by atoms with Gasteiger partial charge < -0.3 is 9.80 Å². The molecule has 162 valence electrons. The molecule has 2 aromatic carbocycles. The minimum atomic E-state index is -0.264. The molecule has 1 fully saturated rings. The van der Waals surface area contributed by atoms with E-state index in [-0.39, 0.29) is 23.8 Å². The lowest BCUT2D eigenvalue weighted by Crippen LogP contribution is -2.50. The number of rotatable bonds is 4. The van der Waals surface area contributed by atoms with Crippen LogP contribution in [-0.2, 0) is 11.3 Å². The molecule has 8 heteroatoms. The van der Waals surface area contributed by atoms with Gasteiger partial charge in [-0.05, 0) is 29.8 Å². The molecule has 0 spiro atoms. The van der Waals surface area contributed by atoms with E-state index in [0.29, 0.717) is 36.4 Å². The average Bonchev–Trinajstić information content (AvgIpc) is 3.27. The summed E-state index contributed by atoms with van der Waals surface area (Å²) in [5.74, 6) is -0.372. The number of carbonyl (C=O) groups excluding carboxylic acids is 1. The molecule has 0 N–H and O–H groups in total. The number of halogens is 1. The zero-order valence-electron chi connectivity index (χ0n) is 17.3. The Morgan fingerprint density at radius 1 is 1.00 bits per heavy atom. The van der Waals surface area contributed by atoms with Crippen molar-refractivity contribution in [3.63, 3.8) is 0 Å². The van der Waals surface area contributed by atoms with Crippen molar-refractivity contribution in [2.24, 2.45) is 0 Å². The molecule has 0 saturated carbocycles. The molecule has 32 heavy (non-hydrogen) atoms. The van der Waals surface area contributed by atoms with Gasteiger partial charge >= 0.3 is 0 Å². The predicted molar refractivity (Wildman–Crippen MR) is 125 cm³/mol. The predicted octanol–water partition coefficient (Wildman–Crippen LogP) is 3.61. The smallest absolute Gasteiger partial charge is 0.263 e. The van der Waals surface area contributed by atoms with E-state index >= 15 is 0 Å². The Morgan fingerprint density at radius 2 is 1.72 bits per heavy atom. The minimum Gasteiger partial charge on any atom is -0.368 e. The number of anilines is 1. The van der Waals surface area contributed by atoms with Gasteiger partial charge in [0.2, 0.25) is 5.91 Å². The third kappa shape index (κ3) is 3.89. The molecule has 1 aliphatic heterocycles. The normalized spacial score (nSPS) is 14.2. The average molecular weight is 449 g/mol. The largest absolute Gasteiger partial charge is 0.368 e. The lowest BCUT2D eigenvalue weighted by molar-refractivity contribution is -0.132. The van der Waals surface area contributed by atoms with Gasteiger partial charge in [0.25, 0.3) is 5.56 Å². The summed E-state index contributed by atoms with van der Waals surface area (Å²) in [6, 6.07) is 16.1. The van der Waals surface area contributed by atoms with Crippen LogP contribution in [-0.4, -0.2) is 46.5 Å². The molecule has 1 saturated heterocycles. The summed E-state index contributed by atoms with van der Waals surface area (Å²) in [6.07, 6.45) is 1.46. The number of hydrogen-bond donors (Lipinski definition) is 0. The molecule has 0 bridgehead atoms. The molecule has 4 aromatic rings. The highest BCUT2D eigenvalue weighted by Crippen LogP contribution is 2.30. The van der Waals surface area contributed by atoms with Crippen LogP contribution in [0.4, 0.5) is 10.1 Å². The molecule has 2 aromatic heterocycles. The first-order valence-electron chi connectivity index (χ1n) is 10.4.